The zero-order valence-electron chi connectivity index (χ0n) is 17.1. The quantitative estimate of drug-likeness (QED) is 0.214. The molecule has 2 aromatic rings. The lowest BCUT2D eigenvalue weighted by molar-refractivity contribution is -0.137. The van der Waals surface area contributed by atoms with E-state index in [1.165, 1.54) is 33.5 Å². The van der Waals surface area contributed by atoms with Crippen LogP contribution in [0.1, 0.15) is 22.8 Å². The van der Waals surface area contributed by atoms with Crippen LogP contribution in [-0.4, -0.2) is 46.5 Å². The summed E-state index contributed by atoms with van der Waals surface area (Å²) in [6.45, 7) is 1.87. The summed E-state index contributed by atoms with van der Waals surface area (Å²) in [5, 5.41) is 0. The van der Waals surface area contributed by atoms with Crippen LogP contribution in [0.5, 0.6) is 28.7 Å². The Hall–Kier alpha value is -3.68. The van der Waals surface area contributed by atoms with Gasteiger partial charge >= 0.3 is 5.97 Å². The van der Waals surface area contributed by atoms with Gasteiger partial charge in [0, 0.05) is 5.56 Å². The third-order valence-electron chi connectivity index (χ3n) is 4.37. The molecule has 0 spiro atoms. The fraction of sp³-hybridized carbons (Fsp3) is 0.273. The molecule has 0 aromatic heterocycles. The molecule has 0 saturated heterocycles. The van der Waals surface area contributed by atoms with Gasteiger partial charge in [0.1, 0.15) is 5.57 Å². The molecule has 8 nitrogen and oxygen atoms in total. The Morgan fingerprint density at radius 2 is 1.63 bits per heavy atom. The first kappa shape index (κ1) is 21.0. The van der Waals surface area contributed by atoms with Gasteiger partial charge in [-0.05, 0) is 48.9 Å². The molecule has 8 heteroatoms. The SMILES string of the molecule is CCOC(=O)/C(=C/c1cc(OC)c(OC)c(OC)c1)C(=O)c1ccc2c(c1)OCO2. The van der Waals surface area contributed by atoms with E-state index in [0.29, 0.717) is 34.3 Å². The van der Waals surface area contributed by atoms with Gasteiger partial charge < -0.3 is 28.4 Å². The molecule has 0 radical (unpaired) electrons. The Morgan fingerprint density at radius 3 is 2.23 bits per heavy atom. The molecule has 158 valence electrons. The lowest BCUT2D eigenvalue weighted by Gasteiger charge is -2.13. The number of Topliss-reactive ketones (excluding diaryl/α,β-unsaturated/α-hetero) is 1. The predicted molar refractivity (Wildman–Crippen MR) is 108 cm³/mol. The van der Waals surface area contributed by atoms with E-state index in [1.54, 1.807) is 31.2 Å². The van der Waals surface area contributed by atoms with Crippen LogP contribution in [0, 0.1) is 0 Å². The van der Waals surface area contributed by atoms with Crippen molar-refractivity contribution >= 4 is 17.8 Å². The Balaban J connectivity index is 2.07. The van der Waals surface area contributed by atoms with Crippen LogP contribution in [-0.2, 0) is 9.53 Å². The van der Waals surface area contributed by atoms with Crippen LogP contribution >= 0.6 is 0 Å². The minimum atomic E-state index is -0.742. The lowest BCUT2D eigenvalue weighted by atomic mass is 10.00. The highest BCUT2D eigenvalue weighted by Crippen LogP contribution is 2.39. The lowest BCUT2D eigenvalue weighted by Crippen LogP contribution is -2.16. The summed E-state index contributed by atoms with van der Waals surface area (Å²) in [5.41, 5.74) is 0.623. The molecule has 0 aliphatic carbocycles. The number of hydrogen-bond donors (Lipinski definition) is 0. The fourth-order valence-electron chi connectivity index (χ4n) is 2.97. The first-order chi connectivity index (χ1) is 14.5. The molecule has 0 unspecified atom stereocenters. The third kappa shape index (κ3) is 4.17. The van der Waals surface area contributed by atoms with E-state index in [0.717, 1.165) is 0 Å². The Bertz CT molecular complexity index is 968. The number of carbonyl (C=O) groups is 2. The van der Waals surface area contributed by atoms with Gasteiger partial charge in [0.05, 0.1) is 27.9 Å². The molecule has 0 fully saturated rings. The zero-order chi connectivity index (χ0) is 21.7. The summed E-state index contributed by atoms with van der Waals surface area (Å²) in [5.74, 6) is 0.907. The number of carbonyl (C=O) groups excluding carboxylic acids is 2. The third-order valence-corrected chi connectivity index (χ3v) is 4.37. The van der Waals surface area contributed by atoms with Crippen molar-refractivity contribution in [1.29, 1.82) is 0 Å². The summed E-state index contributed by atoms with van der Waals surface area (Å²) in [4.78, 5) is 25.7. The van der Waals surface area contributed by atoms with Crippen LogP contribution < -0.4 is 23.7 Å². The summed E-state index contributed by atoms with van der Waals surface area (Å²) in [7, 11) is 4.45. The van der Waals surface area contributed by atoms with Crippen molar-refractivity contribution in [3.63, 3.8) is 0 Å². The highest BCUT2D eigenvalue weighted by Gasteiger charge is 2.24. The van der Waals surface area contributed by atoms with Gasteiger partial charge in [-0.25, -0.2) is 4.79 Å². The van der Waals surface area contributed by atoms with E-state index in [4.69, 9.17) is 28.4 Å². The van der Waals surface area contributed by atoms with Crippen LogP contribution in [0.25, 0.3) is 6.08 Å². The molecular weight excluding hydrogens is 392 g/mol. The molecule has 0 saturated carbocycles. The molecule has 3 rings (SSSR count). The van der Waals surface area contributed by atoms with Crippen molar-refractivity contribution in [2.24, 2.45) is 0 Å². The Kier molecular flexibility index (Phi) is 6.46. The van der Waals surface area contributed by atoms with E-state index in [9.17, 15) is 9.59 Å². The van der Waals surface area contributed by atoms with Gasteiger partial charge in [-0.15, -0.1) is 0 Å². The molecule has 1 aliphatic rings. The minimum absolute atomic E-state index is 0.0823. The van der Waals surface area contributed by atoms with Crippen LogP contribution in [0.4, 0.5) is 0 Å². The second-order valence-electron chi connectivity index (χ2n) is 6.13. The van der Waals surface area contributed by atoms with Crippen molar-refractivity contribution in [1.82, 2.24) is 0 Å². The molecule has 30 heavy (non-hydrogen) atoms. The molecule has 1 heterocycles. The predicted octanol–water partition coefficient (Wildman–Crippen LogP) is 3.27. The maximum absolute atomic E-state index is 13.1. The fourth-order valence-corrected chi connectivity index (χ4v) is 2.97. The van der Waals surface area contributed by atoms with E-state index in [1.807, 2.05) is 0 Å². The molecule has 2 aromatic carbocycles. The van der Waals surface area contributed by atoms with E-state index < -0.39 is 11.8 Å². The molecule has 0 atom stereocenters. The topological polar surface area (TPSA) is 89.5 Å². The molecule has 0 amide bonds. The molecule has 0 N–H and O–H groups in total. The summed E-state index contributed by atoms with van der Waals surface area (Å²) >= 11 is 0. The molecular formula is C22H22O8. The van der Waals surface area contributed by atoms with Crippen molar-refractivity contribution < 1.29 is 38.0 Å². The zero-order valence-corrected chi connectivity index (χ0v) is 17.1. The smallest absolute Gasteiger partial charge is 0.342 e. The number of fused-ring (bicyclic) bond motifs is 1. The van der Waals surface area contributed by atoms with Gasteiger partial charge in [-0.1, -0.05) is 0 Å². The summed E-state index contributed by atoms with van der Waals surface area (Å²) in [6.07, 6.45) is 1.43. The summed E-state index contributed by atoms with van der Waals surface area (Å²) in [6, 6.07) is 7.99. The number of esters is 1. The van der Waals surface area contributed by atoms with Gasteiger partial charge in [0.25, 0.3) is 0 Å². The van der Waals surface area contributed by atoms with Gasteiger partial charge in [-0.2, -0.15) is 0 Å². The van der Waals surface area contributed by atoms with E-state index in [2.05, 4.69) is 0 Å². The first-order valence-electron chi connectivity index (χ1n) is 9.15. The van der Waals surface area contributed by atoms with Crippen molar-refractivity contribution in [2.75, 3.05) is 34.7 Å². The van der Waals surface area contributed by atoms with Crippen molar-refractivity contribution in [3.05, 3.63) is 47.0 Å². The van der Waals surface area contributed by atoms with Gasteiger partial charge in [0.2, 0.25) is 12.5 Å². The molecule has 0 bridgehead atoms. The second-order valence-corrected chi connectivity index (χ2v) is 6.13. The largest absolute Gasteiger partial charge is 0.493 e. The number of ketones is 1. The number of benzene rings is 2. The van der Waals surface area contributed by atoms with Crippen molar-refractivity contribution in [2.45, 2.75) is 6.92 Å². The average Bonchev–Trinajstić information content (AvgIpc) is 3.24. The van der Waals surface area contributed by atoms with Crippen LogP contribution in [0.3, 0.4) is 0 Å². The average molecular weight is 414 g/mol. The number of rotatable bonds is 8. The second kappa shape index (κ2) is 9.21. The maximum Gasteiger partial charge on any atom is 0.342 e. The highest BCUT2D eigenvalue weighted by atomic mass is 16.7. The standard InChI is InChI=1S/C22H22O8/c1-5-28-22(24)15(20(23)14-6-7-16-17(11-14)30-12-29-16)8-13-9-18(25-2)21(27-4)19(10-13)26-3/h6-11H,5,12H2,1-4H3/b15-8+. The Labute approximate surface area is 173 Å². The van der Waals surface area contributed by atoms with Crippen LogP contribution in [0.2, 0.25) is 0 Å². The first-order valence-corrected chi connectivity index (χ1v) is 9.15. The number of hydrogen-bond acceptors (Lipinski definition) is 8. The monoisotopic (exact) mass is 414 g/mol. The number of ether oxygens (including phenoxy) is 6. The van der Waals surface area contributed by atoms with Crippen molar-refractivity contribution in [3.8, 4) is 28.7 Å². The maximum atomic E-state index is 13.1. The number of methoxy groups -OCH3 is 3. The van der Waals surface area contributed by atoms with Crippen LogP contribution in [0.15, 0.2) is 35.9 Å². The van der Waals surface area contributed by atoms with Gasteiger partial charge in [-0.3, -0.25) is 4.79 Å². The van der Waals surface area contributed by atoms with Gasteiger partial charge in [0.15, 0.2) is 28.8 Å². The normalized spacial score (nSPS) is 12.3. The van der Waals surface area contributed by atoms with E-state index >= 15 is 0 Å². The molecule has 1 aliphatic heterocycles. The Morgan fingerprint density at radius 1 is 0.967 bits per heavy atom. The van der Waals surface area contributed by atoms with E-state index in [-0.39, 0.29) is 24.5 Å². The summed E-state index contributed by atoms with van der Waals surface area (Å²) < 4.78 is 31.7. The highest BCUT2D eigenvalue weighted by molar-refractivity contribution is 6.27. The minimum Gasteiger partial charge on any atom is -0.493 e.